The van der Waals surface area contributed by atoms with Gasteiger partial charge in [0.25, 0.3) is 5.91 Å². The number of amides is 1. The number of hydrogen-bond donors (Lipinski definition) is 2. The summed E-state index contributed by atoms with van der Waals surface area (Å²) >= 11 is 0. The minimum Gasteiger partial charge on any atom is -0.481 e. The highest BCUT2D eigenvalue weighted by Gasteiger charge is 2.29. The van der Waals surface area contributed by atoms with Crippen molar-refractivity contribution in [1.29, 1.82) is 0 Å². The minimum atomic E-state index is -0.854. The van der Waals surface area contributed by atoms with Gasteiger partial charge in [0.15, 0.2) is 5.43 Å². The highest BCUT2D eigenvalue weighted by atomic mass is 16.4. The van der Waals surface area contributed by atoms with E-state index in [-0.39, 0.29) is 29.2 Å². The molecule has 1 aromatic heterocycles. The molecule has 0 bridgehead atoms. The van der Waals surface area contributed by atoms with E-state index in [1.807, 2.05) is 0 Å². The number of likely N-dealkylation sites (tertiary alicyclic amines) is 1. The molecule has 0 aliphatic carbocycles. The summed E-state index contributed by atoms with van der Waals surface area (Å²) in [4.78, 5) is 38.9. The van der Waals surface area contributed by atoms with Gasteiger partial charge >= 0.3 is 5.97 Å². The average Bonchev–Trinajstić information content (AvgIpc) is 2.75. The third-order valence-electron chi connectivity index (χ3n) is 3.32. The number of carbonyl (C=O) groups excluding carboxylic acids is 1. The van der Waals surface area contributed by atoms with E-state index in [0.29, 0.717) is 25.2 Å². The molecule has 1 unspecified atom stereocenters. The fourth-order valence-electron chi connectivity index (χ4n) is 2.34. The molecular formula is C13H16N2O4. The van der Waals surface area contributed by atoms with Gasteiger partial charge in [0.05, 0.1) is 0 Å². The van der Waals surface area contributed by atoms with Crippen molar-refractivity contribution in [3.63, 3.8) is 0 Å². The number of carboxylic acids is 1. The summed E-state index contributed by atoms with van der Waals surface area (Å²) < 4.78 is 0. The van der Waals surface area contributed by atoms with Gasteiger partial charge in [-0.1, -0.05) is 0 Å². The van der Waals surface area contributed by atoms with E-state index >= 15 is 0 Å². The number of carbonyl (C=O) groups is 2. The number of carboxylic acid groups (broad SMARTS) is 1. The number of nitrogens with zero attached hydrogens (tertiary/aromatic N) is 1. The van der Waals surface area contributed by atoms with Gasteiger partial charge in [-0.3, -0.25) is 14.4 Å². The van der Waals surface area contributed by atoms with E-state index in [0.717, 1.165) is 0 Å². The molecule has 1 amide bonds. The highest BCUT2D eigenvalue weighted by Crippen LogP contribution is 2.20. The summed E-state index contributed by atoms with van der Waals surface area (Å²) in [7, 11) is 0. The molecule has 0 aromatic carbocycles. The number of aliphatic carboxylic acids is 1. The molecule has 0 radical (unpaired) electrons. The van der Waals surface area contributed by atoms with Crippen LogP contribution in [0.1, 0.15) is 28.9 Å². The van der Waals surface area contributed by atoms with Gasteiger partial charge in [0.2, 0.25) is 0 Å². The number of aryl methyl sites for hydroxylation is 1. The normalized spacial score (nSPS) is 18.6. The predicted octanol–water partition coefficient (Wildman–Crippen LogP) is 0.620. The Morgan fingerprint density at radius 3 is 2.89 bits per heavy atom. The molecule has 1 atom stereocenters. The van der Waals surface area contributed by atoms with Crippen LogP contribution in [0.4, 0.5) is 0 Å². The molecule has 1 fully saturated rings. The number of aromatic amines is 1. The number of H-pyrrole nitrogens is 1. The van der Waals surface area contributed by atoms with Crippen LogP contribution in [0.15, 0.2) is 17.1 Å². The van der Waals surface area contributed by atoms with E-state index in [1.165, 1.54) is 12.3 Å². The molecule has 0 spiro atoms. The summed E-state index contributed by atoms with van der Waals surface area (Å²) in [5.74, 6) is -1.20. The van der Waals surface area contributed by atoms with Crippen molar-refractivity contribution in [3.05, 3.63) is 33.7 Å². The maximum Gasteiger partial charge on any atom is 0.303 e. The lowest BCUT2D eigenvalue weighted by Crippen LogP contribution is -2.32. The first-order valence-corrected chi connectivity index (χ1v) is 6.18. The molecule has 0 saturated carbocycles. The SMILES string of the molecule is Cc1cc(=O)c(C(=O)N2CCC(CC(=O)O)C2)c[nH]1. The third kappa shape index (κ3) is 3.01. The van der Waals surface area contributed by atoms with E-state index in [9.17, 15) is 14.4 Å². The molecule has 1 saturated heterocycles. The highest BCUT2D eigenvalue weighted by molar-refractivity contribution is 5.94. The minimum absolute atomic E-state index is 0.0222. The van der Waals surface area contributed by atoms with Crippen molar-refractivity contribution in [2.45, 2.75) is 19.8 Å². The number of hydrogen-bond acceptors (Lipinski definition) is 3. The Bertz CT molecular complexity index is 564. The Morgan fingerprint density at radius 1 is 1.53 bits per heavy atom. The van der Waals surface area contributed by atoms with Crippen LogP contribution in [-0.2, 0) is 4.79 Å². The first-order valence-electron chi connectivity index (χ1n) is 6.18. The third-order valence-corrected chi connectivity index (χ3v) is 3.32. The van der Waals surface area contributed by atoms with Gasteiger partial charge < -0.3 is 15.0 Å². The summed E-state index contributed by atoms with van der Waals surface area (Å²) in [5.41, 5.74) is 0.510. The molecule has 6 nitrogen and oxygen atoms in total. The zero-order valence-corrected chi connectivity index (χ0v) is 10.7. The maximum absolute atomic E-state index is 12.2. The molecular weight excluding hydrogens is 248 g/mol. The van der Waals surface area contributed by atoms with Gasteiger partial charge in [0, 0.05) is 37.5 Å². The Morgan fingerprint density at radius 2 is 2.26 bits per heavy atom. The van der Waals surface area contributed by atoms with E-state index in [1.54, 1.807) is 11.8 Å². The van der Waals surface area contributed by atoms with Crippen molar-refractivity contribution < 1.29 is 14.7 Å². The monoisotopic (exact) mass is 264 g/mol. The van der Waals surface area contributed by atoms with Crippen LogP contribution < -0.4 is 5.43 Å². The van der Waals surface area contributed by atoms with Gasteiger partial charge in [-0.25, -0.2) is 0 Å². The standard InChI is InChI=1S/C13H16N2O4/c1-8-4-11(16)10(6-14-8)13(19)15-3-2-9(7-15)5-12(17)18/h4,6,9H,2-3,5,7H2,1H3,(H,14,16)(H,17,18). The maximum atomic E-state index is 12.2. The van der Waals surface area contributed by atoms with Crippen LogP contribution in [-0.4, -0.2) is 40.0 Å². The lowest BCUT2D eigenvalue weighted by atomic mass is 10.1. The van der Waals surface area contributed by atoms with Gasteiger partial charge in [-0.2, -0.15) is 0 Å². The fraction of sp³-hybridized carbons (Fsp3) is 0.462. The van der Waals surface area contributed by atoms with Crippen molar-refractivity contribution in [3.8, 4) is 0 Å². The zero-order chi connectivity index (χ0) is 14.0. The predicted molar refractivity (Wildman–Crippen MR) is 68.1 cm³/mol. The molecule has 1 aliphatic rings. The molecule has 2 N–H and O–H groups in total. The van der Waals surface area contributed by atoms with Gasteiger partial charge in [-0.15, -0.1) is 0 Å². The molecule has 1 aliphatic heterocycles. The molecule has 2 rings (SSSR count). The second-order valence-electron chi connectivity index (χ2n) is 4.90. The number of aromatic nitrogens is 1. The van der Waals surface area contributed by atoms with E-state index in [4.69, 9.17) is 5.11 Å². The lowest BCUT2D eigenvalue weighted by molar-refractivity contribution is -0.138. The fourth-order valence-corrected chi connectivity index (χ4v) is 2.34. The summed E-state index contributed by atoms with van der Waals surface area (Å²) in [5, 5.41) is 8.73. The molecule has 19 heavy (non-hydrogen) atoms. The van der Waals surface area contributed by atoms with Crippen LogP contribution >= 0.6 is 0 Å². The quantitative estimate of drug-likeness (QED) is 0.837. The smallest absolute Gasteiger partial charge is 0.303 e. The molecule has 6 heteroatoms. The van der Waals surface area contributed by atoms with Crippen LogP contribution in [0.2, 0.25) is 0 Å². The van der Waals surface area contributed by atoms with Gasteiger partial charge in [0.1, 0.15) is 5.56 Å². The lowest BCUT2D eigenvalue weighted by Gasteiger charge is -2.15. The number of nitrogens with one attached hydrogen (secondary N) is 1. The van der Waals surface area contributed by atoms with E-state index in [2.05, 4.69) is 4.98 Å². The summed E-state index contributed by atoms with van der Waals surface area (Å²) in [6.45, 7) is 2.65. The average molecular weight is 264 g/mol. The topological polar surface area (TPSA) is 90.5 Å². The Balaban J connectivity index is 2.09. The Kier molecular flexibility index (Phi) is 3.69. The second kappa shape index (κ2) is 5.26. The van der Waals surface area contributed by atoms with Crippen LogP contribution in [0, 0.1) is 12.8 Å². The van der Waals surface area contributed by atoms with E-state index < -0.39 is 5.97 Å². The first-order chi connectivity index (χ1) is 8.97. The molecule has 102 valence electrons. The van der Waals surface area contributed by atoms with Gasteiger partial charge in [-0.05, 0) is 19.3 Å². The van der Waals surface area contributed by atoms with Crippen molar-refractivity contribution in [1.82, 2.24) is 9.88 Å². The molecule has 2 heterocycles. The number of rotatable bonds is 3. The van der Waals surface area contributed by atoms with Crippen molar-refractivity contribution >= 4 is 11.9 Å². The summed E-state index contributed by atoms with van der Waals surface area (Å²) in [6, 6.07) is 1.39. The second-order valence-corrected chi connectivity index (χ2v) is 4.90. The summed E-state index contributed by atoms with van der Waals surface area (Å²) in [6.07, 6.45) is 2.15. The number of pyridine rings is 1. The Hall–Kier alpha value is -2.11. The van der Waals surface area contributed by atoms with Crippen LogP contribution in [0.5, 0.6) is 0 Å². The van der Waals surface area contributed by atoms with Crippen LogP contribution in [0.25, 0.3) is 0 Å². The zero-order valence-electron chi connectivity index (χ0n) is 10.7. The van der Waals surface area contributed by atoms with Crippen molar-refractivity contribution in [2.75, 3.05) is 13.1 Å². The molecule has 1 aromatic rings. The Labute approximate surface area is 110 Å². The first kappa shape index (κ1) is 13.3. The van der Waals surface area contributed by atoms with Crippen molar-refractivity contribution in [2.24, 2.45) is 5.92 Å². The van der Waals surface area contributed by atoms with Crippen LogP contribution in [0.3, 0.4) is 0 Å². The largest absolute Gasteiger partial charge is 0.481 e.